The molecule has 2 aromatic carbocycles. The monoisotopic (exact) mass is 310 g/mol. The SMILES string of the molecule is CC(OCc1ccc(Cl)cc1)C(=O)c1ccc(F)c(F)c1. The van der Waals surface area contributed by atoms with Crippen LogP contribution in [-0.4, -0.2) is 11.9 Å². The van der Waals surface area contributed by atoms with Gasteiger partial charge in [-0.3, -0.25) is 4.79 Å². The highest BCUT2D eigenvalue weighted by molar-refractivity contribution is 6.30. The van der Waals surface area contributed by atoms with E-state index in [1.54, 1.807) is 31.2 Å². The predicted octanol–water partition coefficient (Wildman–Crippen LogP) is 4.41. The van der Waals surface area contributed by atoms with Crippen LogP contribution < -0.4 is 0 Å². The average Bonchev–Trinajstić information content (AvgIpc) is 2.48. The minimum atomic E-state index is -1.05. The van der Waals surface area contributed by atoms with Gasteiger partial charge < -0.3 is 4.74 Å². The first kappa shape index (κ1) is 15.6. The lowest BCUT2D eigenvalue weighted by molar-refractivity contribution is 0.0412. The lowest BCUT2D eigenvalue weighted by Gasteiger charge is -2.12. The summed E-state index contributed by atoms with van der Waals surface area (Å²) in [5.74, 6) is -2.44. The zero-order chi connectivity index (χ0) is 15.4. The molecule has 0 N–H and O–H groups in total. The molecule has 2 rings (SSSR count). The fourth-order valence-corrected chi connectivity index (χ4v) is 1.89. The van der Waals surface area contributed by atoms with Crippen molar-refractivity contribution in [2.75, 3.05) is 0 Å². The largest absolute Gasteiger partial charge is 0.366 e. The van der Waals surface area contributed by atoms with E-state index in [4.69, 9.17) is 16.3 Å². The maximum absolute atomic E-state index is 13.1. The highest BCUT2D eigenvalue weighted by Gasteiger charge is 2.17. The maximum atomic E-state index is 13.1. The van der Waals surface area contributed by atoms with Crippen LogP contribution in [0.2, 0.25) is 5.02 Å². The molecule has 2 aromatic rings. The van der Waals surface area contributed by atoms with Crippen LogP contribution in [0.5, 0.6) is 0 Å². The zero-order valence-electron chi connectivity index (χ0n) is 11.3. The molecule has 1 unspecified atom stereocenters. The van der Waals surface area contributed by atoms with Gasteiger partial charge in [0.15, 0.2) is 17.4 Å². The van der Waals surface area contributed by atoms with E-state index in [1.807, 2.05) is 0 Å². The fourth-order valence-electron chi connectivity index (χ4n) is 1.76. The molecule has 5 heteroatoms. The van der Waals surface area contributed by atoms with Crippen LogP contribution in [0, 0.1) is 11.6 Å². The van der Waals surface area contributed by atoms with Gasteiger partial charge in [0.1, 0.15) is 6.10 Å². The minimum absolute atomic E-state index is 0.0810. The molecule has 1 atom stereocenters. The summed E-state index contributed by atoms with van der Waals surface area (Å²) in [4.78, 5) is 12.0. The molecule has 0 heterocycles. The Morgan fingerprint density at radius 2 is 1.81 bits per heavy atom. The smallest absolute Gasteiger partial charge is 0.191 e. The van der Waals surface area contributed by atoms with Gasteiger partial charge >= 0.3 is 0 Å². The number of ether oxygens (including phenoxy) is 1. The first-order chi connectivity index (χ1) is 9.97. The summed E-state index contributed by atoms with van der Waals surface area (Å²) in [7, 11) is 0. The number of rotatable bonds is 5. The van der Waals surface area contributed by atoms with Crippen molar-refractivity contribution in [3.63, 3.8) is 0 Å². The number of halogens is 3. The van der Waals surface area contributed by atoms with Crippen molar-refractivity contribution < 1.29 is 18.3 Å². The van der Waals surface area contributed by atoms with E-state index in [9.17, 15) is 13.6 Å². The van der Waals surface area contributed by atoms with Crippen molar-refractivity contribution in [1.29, 1.82) is 0 Å². The second kappa shape index (κ2) is 6.78. The van der Waals surface area contributed by atoms with E-state index < -0.39 is 23.5 Å². The van der Waals surface area contributed by atoms with Crippen molar-refractivity contribution in [2.24, 2.45) is 0 Å². The molecule has 0 radical (unpaired) electrons. The average molecular weight is 311 g/mol. The van der Waals surface area contributed by atoms with Crippen molar-refractivity contribution in [1.82, 2.24) is 0 Å². The number of carbonyl (C=O) groups is 1. The van der Waals surface area contributed by atoms with Gasteiger partial charge in [-0.15, -0.1) is 0 Å². The zero-order valence-corrected chi connectivity index (χ0v) is 12.0. The topological polar surface area (TPSA) is 26.3 Å². The summed E-state index contributed by atoms with van der Waals surface area (Å²) in [6.45, 7) is 1.80. The summed E-state index contributed by atoms with van der Waals surface area (Å²) < 4.78 is 31.4. The molecular formula is C16H13ClF2O2. The lowest BCUT2D eigenvalue weighted by Crippen LogP contribution is -2.21. The van der Waals surface area contributed by atoms with Crippen LogP contribution in [0.1, 0.15) is 22.8 Å². The summed E-state index contributed by atoms with van der Waals surface area (Å²) in [5.41, 5.74) is 0.946. The molecule has 0 saturated carbocycles. The Morgan fingerprint density at radius 3 is 2.43 bits per heavy atom. The van der Waals surface area contributed by atoms with Crippen LogP contribution in [0.3, 0.4) is 0 Å². The summed E-state index contributed by atoms with van der Waals surface area (Å²) in [6, 6.07) is 10.1. The molecule has 2 nitrogen and oxygen atoms in total. The van der Waals surface area contributed by atoms with Gasteiger partial charge in [-0.05, 0) is 42.8 Å². The molecule has 0 aliphatic carbocycles. The van der Waals surface area contributed by atoms with Gasteiger partial charge in [-0.1, -0.05) is 23.7 Å². The van der Waals surface area contributed by atoms with Crippen molar-refractivity contribution >= 4 is 17.4 Å². The highest BCUT2D eigenvalue weighted by Crippen LogP contribution is 2.14. The number of carbonyl (C=O) groups excluding carboxylic acids is 1. The van der Waals surface area contributed by atoms with Crippen molar-refractivity contribution in [3.05, 3.63) is 70.2 Å². The van der Waals surface area contributed by atoms with Crippen LogP contribution in [0.4, 0.5) is 8.78 Å². The summed E-state index contributed by atoms with van der Waals surface area (Å²) in [6.07, 6.45) is -0.759. The van der Waals surface area contributed by atoms with Crippen LogP contribution >= 0.6 is 11.6 Å². The second-order valence-corrected chi connectivity index (χ2v) is 5.01. The molecule has 110 valence electrons. The van der Waals surface area contributed by atoms with E-state index in [0.29, 0.717) is 5.02 Å². The number of hydrogen-bond acceptors (Lipinski definition) is 2. The molecule has 0 bridgehead atoms. The van der Waals surface area contributed by atoms with Crippen molar-refractivity contribution in [3.8, 4) is 0 Å². The third-order valence-electron chi connectivity index (χ3n) is 2.99. The molecule has 0 spiro atoms. The predicted molar refractivity (Wildman–Crippen MR) is 76.4 cm³/mol. The van der Waals surface area contributed by atoms with Crippen LogP contribution in [0.15, 0.2) is 42.5 Å². The van der Waals surface area contributed by atoms with Crippen LogP contribution in [0.25, 0.3) is 0 Å². The lowest BCUT2D eigenvalue weighted by atomic mass is 10.1. The van der Waals surface area contributed by atoms with Gasteiger partial charge in [0, 0.05) is 10.6 Å². The normalized spacial score (nSPS) is 12.2. The molecule has 21 heavy (non-hydrogen) atoms. The summed E-state index contributed by atoms with van der Waals surface area (Å²) >= 11 is 5.77. The van der Waals surface area contributed by atoms with Gasteiger partial charge in [0.2, 0.25) is 0 Å². The Hall–Kier alpha value is -1.78. The number of benzene rings is 2. The Bertz CT molecular complexity index is 641. The number of Topliss-reactive ketones (excluding diaryl/α,β-unsaturated/α-hetero) is 1. The quantitative estimate of drug-likeness (QED) is 0.765. The molecule has 0 aromatic heterocycles. The van der Waals surface area contributed by atoms with E-state index in [1.165, 1.54) is 6.07 Å². The molecule has 0 amide bonds. The molecule has 0 aliphatic heterocycles. The number of hydrogen-bond donors (Lipinski definition) is 0. The van der Waals surface area contributed by atoms with E-state index in [2.05, 4.69) is 0 Å². The van der Waals surface area contributed by atoms with E-state index in [0.717, 1.165) is 17.7 Å². The highest BCUT2D eigenvalue weighted by atomic mass is 35.5. The Morgan fingerprint density at radius 1 is 1.14 bits per heavy atom. The standard InChI is InChI=1S/C16H13ClF2O2/c1-10(21-9-11-2-5-13(17)6-3-11)16(20)12-4-7-14(18)15(19)8-12/h2-8,10H,9H2,1H3. The maximum Gasteiger partial charge on any atom is 0.191 e. The third-order valence-corrected chi connectivity index (χ3v) is 3.24. The first-order valence-electron chi connectivity index (χ1n) is 6.32. The molecular weight excluding hydrogens is 298 g/mol. The Balaban J connectivity index is 1.99. The summed E-state index contributed by atoms with van der Waals surface area (Å²) in [5, 5.41) is 0.615. The van der Waals surface area contributed by atoms with E-state index >= 15 is 0 Å². The van der Waals surface area contributed by atoms with Gasteiger partial charge in [0.25, 0.3) is 0 Å². The Kier molecular flexibility index (Phi) is 5.04. The first-order valence-corrected chi connectivity index (χ1v) is 6.70. The number of ketones is 1. The molecule has 0 fully saturated rings. The molecule has 0 saturated heterocycles. The van der Waals surface area contributed by atoms with Gasteiger partial charge in [0.05, 0.1) is 6.61 Å². The molecule has 0 aliphatic rings. The van der Waals surface area contributed by atoms with Crippen molar-refractivity contribution in [2.45, 2.75) is 19.6 Å². The third kappa shape index (κ3) is 4.09. The van der Waals surface area contributed by atoms with Crippen LogP contribution in [-0.2, 0) is 11.3 Å². The van der Waals surface area contributed by atoms with E-state index in [-0.39, 0.29) is 12.2 Å². The van der Waals surface area contributed by atoms with Gasteiger partial charge in [-0.25, -0.2) is 8.78 Å². The van der Waals surface area contributed by atoms with Gasteiger partial charge in [-0.2, -0.15) is 0 Å². The Labute approximate surface area is 126 Å². The minimum Gasteiger partial charge on any atom is -0.366 e. The fraction of sp³-hybridized carbons (Fsp3) is 0.188. The second-order valence-electron chi connectivity index (χ2n) is 4.57.